The van der Waals surface area contributed by atoms with Crippen molar-refractivity contribution in [1.82, 2.24) is 10.2 Å². The van der Waals surface area contributed by atoms with Crippen molar-refractivity contribution >= 4 is 0 Å². The molecule has 0 saturated heterocycles. The average molecular weight is 292 g/mol. The summed E-state index contributed by atoms with van der Waals surface area (Å²) < 4.78 is 38.3. The molecule has 21 heavy (non-hydrogen) atoms. The second kappa shape index (κ2) is 5.13. The van der Waals surface area contributed by atoms with Crippen LogP contribution < -0.4 is 0 Å². The van der Waals surface area contributed by atoms with Crippen LogP contribution in [0.1, 0.15) is 30.2 Å². The molecule has 0 fully saturated rings. The molecule has 110 valence electrons. The van der Waals surface area contributed by atoms with E-state index in [9.17, 15) is 13.2 Å². The van der Waals surface area contributed by atoms with Crippen molar-refractivity contribution in [2.45, 2.75) is 32.4 Å². The fraction of sp³-hybridized carbons (Fsp3) is 0.375. The predicted molar refractivity (Wildman–Crippen MR) is 73.7 cm³/mol. The highest BCUT2D eigenvalue weighted by molar-refractivity contribution is 5.60. The molecule has 2 nitrogen and oxygen atoms in total. The van der Waals surface area contributed by atoms with Gasteiger partial charge in [-0.05, 0) is 48.9 Å². The number of benzene rings is 1. The summed E-state index contributed by atoms with van der Waals surface area (Å²) in [6.07, 6.45) is -1.45. The minimum absolute atomic E-state index is 0.457. The average Bonchev–Trinajstić information content (AvgIpc) is 2.46. The van der Waals surface area contributed by atoms with E-state index < -0.39 is 11.7 Å². The molecule has 3 rings (SSSR count). The first-order valence-electron chi connectivity index (χ1n) is 6.96. The van der Waals surface area contributed by atoms with Gasteiger partial charge in [0.25, 0.3) is 0 Å². The van der Waals surface area contributed by atoms with Crippen LogP contribution >= 0.6 is 0 Å². The maximum atomic E-state index is 12.8. The predicted octanol–water partition coefficient (Wildman–Crippen LogP) is 4.29. The van der Waals surface area contributed by atoms with E-state index in [1.807, 2.05) is 6.07 Å². The van der Waals surface area contributed by atoms with Gasteiger partial charge in [0.2, 0.25) is 0 Å². The van der Waals surface area contributed by atoms with Crippen molar-refractivity contribution in [1.29, 1.82) is 0 Å². The summed E-state index contributed by atoms with van der Waals surface area (Å²) in [4.78, 5) is 0. The number of fused-ring (bicyclic) bond motifs is 1. The number of aryl methyl sites for hydroxylation is 1. The Labute approximate surface area is 121 Å². The van der Waals surface area contributed by atoms with Crippen LogP contribution in [0, 0.1) is 5.92 Å². The lowest BCUT2D eigenvalue weighted by molar-refractivity contribution is -0.137. The van der Waals surface area contributed by atoms with E-state index in [0.29, 0.717) is 17.2 Å². The van der Waals surface area contributed by atoms with Gasteiger partial charge in [-0.2, -0.15) is 23.4 Å². The van der Waals surface area contributed by atoms with Gasteiger partial charge in [-0.15, -0.1) is 0 Å². The lowest BCUT2D eigenvalue weighted by atomic mass is 9.88. The Morgan fingerprint density at radius 1 is 1.14 bits per heavy atom. The molecule has 2 aromatic rings. The molecule has 1 aromatic heterocycles. The third kappa shape index (κ3) is 2.91. The van der Waals surface area contributed by atoms with Gasteiger partial charge in [0.05, 0.1) is 17.0 Å². The van der Waals surface area contributed by atoms with Crippen molar-refractivity contribution in [3.05, 3.63) is 47.2 Å². The van der Waals surface area contributed by atoms with E-state index in [1.165, 1.54) is 6.07 Å². The zero-order valence-corrected chi connectivity index (χ0v) is 11.6. The van der Waals surface area contributed by atoms with Crippen LogP contribution in [0.4, 0.5) is 13.2 Å². The van der Waals surface area contributed by atoms with E-state index in [0.717, 1.165) is 42.7 Å². The minimum Gasteiger partial charge on any atom is -0.166 e. The third-order valence-electron chi connectivity index (χ3n) is 3.89. The minimum atomic E-state index is -4.34. The Hall–Kier alpha value is -1.91. The van der Waals surface area contributed by atoms with Gasteiger partial charge in [0, 0.05) is 5.56 Å². The molecule has 0 aliphatic heterocycles. The van der Waals surface area contributed by atoms with Crippen molar-refractivity contribution < 1.29 is 13.2 Å². The molecule has 1 heterocycles. The highest BCUT2D eigenvalue weighted by Crippen LogP contribution is 2.32. The van der Waals surface area contributed by atoms with Gasteiger partial charge in [0.15, 0.2) is 0 Å². The van der Waals surface area contributed by atoms with Crippen LogP contribution in [-0.4, -0.2) is 10.2 Å². The van der Waals surface area contributed by atoms with Crippen molar-refractivity contribution in [3.63, 3.8) is 0 Å². The summed E-state index contributed by atoms with van der Waals surface area (Å²) in [6, 6.07) is 7.11. The molecular formula is C16H15F3N2. The highest BCUT2D eigenvalue weighted by Gasteiger charge is 2.30. The van der Waals surface area contributed by atoms with Crippen LogP contribution in [0.15, 0.2) is 30.3 Å². The van der Waals surface area contributed by atoms with Gasteiger partial charge in [0.1, 0.15) is 0 Å². The molecule has 0 radical (unpaired) electrons. The fourth-order valence-electron chi connectivity index (χ4n) is 2.67. The molecule has 5 heteroatoms. The first kappa shape index (κ1) is 14.0. The molecule has 0 amide bonds. The first-order chi connectivity index (χ1) is 9.93. The monoisotopic (exact) mass is 292 g/mol. The van der Waals surface area contributed by atoms with Gasteiger partial charge in [-0.25, -0.2) is 0 Å². The maximum Gasteiger partial charge on any atom is 0.416 e. The highest BCUT2D eigenvalue weighted by atomic mass is 19.4. The quantitative estimate of drug-likeness (QED) is 0.783. The molecule has 0 spiro atoms. The van der Waals surface area contributed by atoms with Crippen molar-refractivity contribution in [2.24, 2.45) is 5.92 Å². The van der Waals surface area contributed by atoms with Gasteiger partial charge in [-0.3, -0.25) is 0 Å². The third-order valence-corrected chi connectivity index (χ3v) is 3.89. The number of rotatable bonds is 1. The SMILES string of the molecule is CC1CCc2cc(-c3cccc(C(F)(F)F)c3)nnc2C1. The van der Waals surface area contributed by atoms with Gasteiger partial charge in [-0.1, -0.05) is 19.1 Å². The summed E-state index contributed by atoms with van der Waals surface area (Å²) >= 11 is 0. The zero-order chi connectivity index (χ0) is 15.0. The zero-order valence-electron chi connectivity index (χ0n) is 11.6. The normalized spacial score (nSPS) is 18.4. The lowest BCUT2D eigenvalue weighted by Gasteiger charge is -2.20. The van der Waals surface area contributed by atoms with E-state index >= 15 is 0 Å². The Bertz CT molecular complexity index is 665. The second-order valence-electron chi connectivity index (χ2n) is 5.63. The van der Waals surface area contributed by atoms with Crippen LogP contribution in [-0.2, 0) is 19.0 Å². The molecule has 0 saturated carbocycles. The van der Waals surface area contributed by atoms with Gasteiger partial charge >= 0.3 is 6.18 Å². The largest absolute Gasteiger partial charge is 0.416 e. The van der Waals surface area contributed by atoms with Crippen molar-refractivity contribution in [2.75, 3.05) is 0 Å². The lowest BCUT2D eigenvalue weighted by Crippen LogP contribution is -2.14. The smallest absolute Gasteiger partial charge is 0.166 e. The molecule has 1 unspecified atom stereocenters. The molecule has 1 aliphatic carbocycles. The number of nitrogens with zero attached hydrogens (tertiary/aromatic N) is 2. The molecule has 0 N–H and O–H groups in total. The molecular weight excluding hydrogens is 277 g/mol. The van der Waals surface area contributed by atoms with E-state index in [-0.39, 0.29) is 0 Å². The van der Waals surface area contributed by atoms with E-state index in [2.05, 4.69) is 17.1 Å². The van der Waals surface area contributed by atoms with Gasteiger partial charge < -0.3 is 0 Å². The number of hydrogen-bond donors (Lipinski definition) is 0. The standard InChI is InChI=1S/C16H15F3N2/c1-10-5-6-12-9-15(21-20-14(12)7-10)11-3-2-4-13(8-11)16(17,18)19/h2-4,8-10H,5-7H2,1H3. The number of alkyl halides is 3. The number of aromatic nitrogens is 2. The Morgan fingerprint density at radius 2 is 1.95 bits per heavy atom. The van der Waals surface area contributed by atoms with Crippen LogP contribution in [0.5, 0.6) is 0 Å². The Kier molecular flexibility index (Phi) is 3.43. The topological polar surface area (TPSA) is 25.8 Å². The second-order valence-corrected chi connectivity index (χ2v) is 5.63. The first-order valence-corrected chi connectivity index (χ1v) is 6.96. The summed E-state index contributed by atoms with van der Waals surface area (Å²) in [5.41, 5.74) is 2.39. The van der Waals surface area contributed by atoms with Crippen molar-refractivity contribution in [3.8, 4) is 11.3 Å². The summed E-state index contributed by atoms with van der Waals surface area (Å²) in [5, 5.41) is 8.31. The van der Waals surface area contributed by atoms with E-state index in [1.54, 1.807) is 6.07 Å². The van der Waals surface area contributed by atoms with Crippen LogP contribution in [0.25, 0.3) is 11.3 Å². The Morgan fingerprint density at radius 3 is 2.71 bits per heavy atom. The summed E-state index contributed by atoms with van der Waals surface area (Å²) in [6.45, 7) is 2.17. The van der Waals surface area contributed by atoms with Crippen LogP contribution in [0.3, 0.4) is 0 Å². The fourth-order valence-corrected chi connectivity index (χ4v) is 2.67. The molecule has 1 aromatic carbocycles. The van der Waals surface area contributed by atoms with E-state index in [4.69, 9.17) is 0 Å². The summed E-state index contributed by atoms with van der Waals surface area (Å²) in [7, 11) is 0. The maximum absolute atomic E-state index is 12.8. The molecule has 1 atom stereocenters. The molecule has 0 bridgehead atoms. The number of halogens is 3. The number of hydrogen-bond acceptors (Lipinski definition) is 2. The Balaban J connectivity index is 1.98. The van der Waals surface area contributed by atoms with Crippen LogP contribution in [0.2, 0.25) is 0 Å². The molecule has 1 aliphatic rings. The summed E-state index contributed by atoms with van der Waals surface area (Å²) in [5.74, 6) is 0.589.